The third kappa shape index (κ3) is 2.67. The molecule has 0 aliphatic heterocycles. The van der Waals surface area contributed by atoms with E-state index in [1.165, 1.54) is 0 Å². The number of fused-ring (bicyclic) bond motifs is 1. The summed E-state index contributed by atoms with van der Waals surface area (Å²) in [7, 11) is 0. The monoisotopic (exact) mass is 328 g/mol. The van der Waals surface area contributed by atoms with Crippen LogP contribution in [0.5, 0.6) is 0 Å². The SMILES string of the molecule is O=c1c2cccc(F)c2[nH]c(=S)n1CC(F)(F)C(F)(F)F. The lowest BCUT2D eigenvalue weighted by Gasteiger charge is -2.20. The summed E-state index contributed by atoms with van der Waals surface area (Å²) in [5.41, 5.74) is -1.57. The summed E-state index contributed by atoms with van der Waals surface area (Å²) in [5.74, 6) is -6.01. The van der Waals surface area contributed by atoms with E-state index in [0.717, 1.165) is 18.2 Å². The molecule has 0 amide bonds. The first-order chi connectivity index (χ1) is 9.54. The van der Waals surface area contributed by atoms with Gasteiger partial charge in [-0.05, 0) is 24.4 Å². The molecule has 1 N–H and O–H groups in total. The van der Waals surface area contributed by atoms with Crippen LogP contribution in [-0.4, -0.2) is 21.6 Å². The highest BCUT2D eigenvalue weighted by Crippen LogP contribution is 2.36. The van der Waals surface area contributed by atoms with Crippen molar-refractivity contribution in [1.82, 2.24) is 9.55 Å². The van der Waals surface area contributed by atoms with Gasteiger partial charge in [0.25, 0.3) is 5.56 Å². The Morgan fingerprint density at radius 1 is 1.19 bits per heavy atom. The molecule has 1 heterocycles. The molecule has 0 radical (unpaired) electrons. The van der Waals surface area contributed by atoms with Gasteiger partial charge < -0.3 is 4.98 Å². The molecular formula is C11H6F6N2OS. The second-order valence-electron chi connectivity index (χ2n) is 4.19. The average Bonchev–Trinajstić information content (AvgIpc) is 2.34. The molecule has 0 bridgehead atoms. The van der Waals surface area contributed by atoms with Crippen molar-refractivity contribution in [3.8, 4) is 0 Å². The van der Waals surface area contributed by atoms with Crippen LogP contribution < -0.4 is 5.56 Å². The third-order valence-electron chi connectivity index (χ3n) is 2.74. The van der Waals surface area contributed by atoms with Gasteiger partial charge in [0.15, 0.2) is 4.77 Å². The molecule has 0 unspecified atom stereocenters. The Hall–Kier alpha value is -1.84. The third-order valence-corrected chi connectivity index (χ3v) is 3.06. The Morgan fingerprint density at radius 2 is 1.81 bits per heavy atom. The zero-order valence-corrected chi connectivity index (χ0v) is 10.8. The Bertz CT molecular complexity index is 807. The Morgan fingerprint density at radius 3 is 2.38 bits per heavy atom. The van der Waals surface area contributed by atoms with Gasteiger partial charge in [-0.25, -0.2) is 4.39 Å². The molecule has 0 aliphatic rings. The van der Waals surface area contributed by atoms with Crippen LogP contribution in [-0.2, 0) is 6.54 Å². The van der Waals surface area contributed by atoms with Crippen LogP contribution in [0.1, 0.15) is 0 Å². The van der Waals surface area contributed by atoms with Crippen LogP contribution in [0.3, 0.4) is 0 Å². The van der Waals surface area contributed by atoms with Crippen LogP contribution in [0.4, 0.5) is 26.3 Å². The van der Waals surface area contributed by atoms with Gasteiger partial charge in [-0.3, -0.25) is 9.36 Å². The highest BCUT2D eigenvalue weighted by Gasteiger charge is 2.57. The molecule has 0 saturated carbocycles. The lowest BCUT2D eigenvalue weighted by atomic mass is 10.2. The van der Waals surface area contributed by atoms with E-state index in [0.29, 0.717) is 0 Å². The maximum absolute atomic E-state index is 13.5. The predicted molar refractivity (Wildman–Crippen MR) is 64.4 cm³/mol. The van der Waals surface area contributed by atoms with Gasteiger partial charge in [0.05, 0.1) is 10.9 Å². The second-order valence-corrected chi connectivity index (χ2v) is 4.57. The molecule has 114 valence electrons. The molecule has 0 saturated heterocycles. The van der Waals surface area contributed by atoms with Crippen LogP contribution in [0, 0.1) is 10.6 Å². The summed E-state index contributed by atoms with van der Waals surface area (Å²) in [4.78, 5) is 14.1. The molecule has 2 rings (SSSR count). The fourth-order valence-electron chi connectivity index (χ4n) is 1.67. The number of halogens is 6. The average molecular weight is 328 g/mol. The molecule has 2 aromatic rings. The largest absolute Gasteiger partial charge is 0.455 e. The summed E-state index contributed by atoms with van der Waals surface area (Å²) < 4.78 is 75.4. The quantitative estimate of drug-likeness (QED) is 0.678. The van der Waals surface area contributed by atoms with Gasteiger partial charge >= 0.3 is 12.1 Å². The minimum atomic E-state index is -5.83. The standard InChI is InChI=1S/C11H6F6N2OS/c12-6-3-1-2-5-7(6)18-9(21)19(8(5)20)4-10(13,14)11(15,16)17/h1-3H,4H2,(H,18,21). The van der Waals surface area contributed by atoms with E-state index in [1.807, 2.05) is 0 Å². The van der Waals surface area contributed by atoms with E-state index in [-0.39, 0.29) is 15.5 Å². The zero-order valence-electron chi connectivity index (χ0n) is 9.97. The van der Waals surface area contributed by atoms with Crippen LogP contribution in [0.2, 0.25) is 0 Å². The molecule has 0 atom stereocenters. The van der Waals surface area contributed by atoms with Gasteiger partial charge in [0, 0.05) is 0 Å². The van der Waals surface area contributed by atoms with E-state index in [1.54, 1.807) is 0 Å². The van der Waals surface area contributed by atoms with E-state index >= 15 is 0 Å². The first-order valence-electron chi connectivity index (χ1n) is 5.40. The molecule has 1 aromatic carbocycles. The van der Waals surface area contributed by atoms with Gasteiger partial charge in [0.2, 0.25) is 0 Å². The number of hydrogen-bond donors (Lipinski definition) is 1. The number of nitrogens with zero attached hydrogens (tertiary/aromatic N) is 1. The number of alkyl halides is 5. The van der Waals surface area contributed by atoms with Gasteiger partial charge in [-0.15, -0.1) is 0 Å². The van der Waals surface area contributed by atoms with Crippen molar-refractivity contribution in [2.75, 3.05) is 0 Å². The number of aromatic amines is 1. The smallest absolute Gasteiger partial charge is 0.329 e. The van der Waals surface area contributed by atoms with E-state index in [9.17, 15) is 31.1 Å². The maximum atomic E-state index is 13.5. The number of hydrogen-bond acceptors (Lipinski definition) is 2. The molecule has 1 aromatic heterocycles. The molecule has 0 aliphatic carbocycles. The summed E-state index contributed by atoms with van der Waals surface area (Å²) in [5, 5.41) is -0.374. The number of H-pyrrole nitrogens is 1. The summed E-state index contributed by atoms with van der Waals surface area (Å²) in [6.07, 6.45) is -5.83. The van der Waals surface area contributed by atoms with Crippen molar-refractivity contribution < 1.29 is 26.3 Å². The number of aromatic nitrogens is 2. The molecule has 0 spiro atoms. The Kier molecular flexibility index (Phi) is 3.60. The molecule has 3 nitrogen and oxygen atoms in total. The summed E-state index contributed by atoms with van der Waals surface area (Å²) in [6, 6.07) is 3.21. The topological polar surface area (TPSA) is 37.8 Å². The van der Waals surface area contributed by atoms with Gasteiger partial charge in [-0.1, -0.05) is 6.07 Å². The maximum Gasteiger partial charge on any atom is 0.455 e. The number of nitrogens with one attached hydrogen (secondary N) is 1. The van der Waals surface area contributed by atoms with Crippen molar-refractivity contribution in [3.05, 3.63) is 39.1 Å². The second kappa shape index (κ2) is 4.86. The minimum Gasteiger partial charge on any atom is -0.329 e. The number of para-hydroxylation sites is 1. The van der Waals surface area contributed by atoms with Crippen molar-refractivity contribution in [3.63, 3.8) is 0 Å². The normalized spacial score (nSPS) is 12.9. The minimum absolute atomic E-state index is 0.0601. The Balaban J connectivity index is 2.67. The van der Waals surface area contributed by atoms with Crippen LogP contribution in [0.25, 0.3) is 10.9 Å². The van der Waals surface area contributed by atoms with Crippen molar-refractivity contribution >= 4 is 23.1 Å². The fourth-order valence-corrected chi connectivity index (χ4v) is 1.92. The lowest BCUT2D eigenvalue weighted by molar-refractivity contribution is -0.287. The predicted octanol–water partition coefficient (Wildman–Crippen LogP) is 3.40. The first kappa shape index (κ1) is 15.5. The lowest BCUT2D eigenvalue weighted by Crippen LogP contribution is -2.43. The van der Waals surface area contributed by atoms with E-state index < -0.39 is 34.8 Å². The number of rotatable bonds is 2. The van der Waals surface area contributed by atoms with Crippen molar-refractivity contribution in [2.45, 2.75) is 18.6 Å². The zero-order chi connectivity index (χ0) is 16.0. The van der Waals surface area contributed by atoms with Crippen LogP contribution in [0.15, 0.2) is 23.0 Å². The van der Waals surface area contributed by atoms with E-state index in [4.69, 9.17) is 0 Å². The van der Waals surface area contributed by atoms with Crippen LogP contribution >= 0.6 is 12.2 Å². The van der Waals surface area contributed by atoms with Crippen molar-refractivity contribution in [1.29, 1.82) is 0 Å². The molecule has 0 fully saturated rings. The van der Waals surface area contributed by atoms with Gasteiger partial charge in [0.1, 0.15) is 12.4 Å². The first-order valence-corrected chi connectivity index (χ1v) is 5.81. The molecule has 10 heteroatoms. The highest BCUT2D eigenvalue weighted by molar-refractivity contribution is 7.71. The Labute approximate surface area is 117 Å². The fraction of sp³-hybridized carbons (Fsp3) is 0.273. The summed E-state index contributed by atoms with van der Waals surface area (Å²) >= 11 is 4.56. The number of benzene rings is 1. The molecular weight excluding hydrogens is 322 g/mol. The highest BCUT2D eigenvalue weighted by atomic mass is 32.1. The van der Waals surface area contributed by atoms with Crippen molar-refractivity contribution in [2.24, 2.45) is 0 Å². The van der Waals surface area contributed by atoms with Gasteiger partial charge in [-0.2, -0.15) is 22.0 Å². The van der Waals surface area contributed by atoms with E-state index in [2.05, 4.69) is 17.2 Å². The summed E-state index contributed by atoms with van der Waals surface area (Å²) in [6.45, 7) is -1.98. The molecule has 21 heavy (non-hydrogen) atoms.